The summed E-state index contributed by atoms with van der Waals surface area (Å²) in [6.07, 6.45) is 6.59. The Labute approximate surface area is 129 Å². The van der Waals surface area contributed by atoms with E-state index in [-0.39, 0.29) is 15.4 Å². The van der Waals surface area contributed by atoms with Gasteiger partial charge in [-0.3, -0.25) is 0 Å². The molecule has 0 spiro atoms. The summed E-state index contributed by atoms with van der Waals surface area (Å²) in [4.78, 5) is 2.65. The molecule has 0 unspecified atom stereocenters. The van der Waals surface area contributed by atoms with Crippen molar-refractivity contribution in [3.05, 3.63) is 0 Å². The van der Waals surface area contributed by atoms with Crippen LogP contribution in [-0.4, -0.2) is 53.2 Å². The van der Waals surface area contributed by atoms with E-state index >= 15 is 0 Å². The average Bonchev–Trinajstić information content (AvgIpc) is 2.45. The van der Waals surface area contributed by atoms with Crippen LogP contribution in [0.25, 0.3) is 0 Å². The SMILES string of the molecule is CCCCN(CCCC)CCC[SiH2]C(OCC)OCC. The van der Waals surface area contributed by atoms with Crippen LogP contribution in [0, 0.1) is 0 Å². The van der Waals surface area contributed by atoms with E-state index in [0.717, 1.165) is 13.2 Å². The largest absolute Gasteiger partial charge is 0.357 e. The normalized spacial score (nSPS) is 12.3. The van der Waals surface area contributed by atoms with Gasteiger partial charge in [0.25, 0.3) is 0 Å². The molecule has 0 aromatic rings. The molecule has 0 aliphatic carbocycles. The molecule has 0 amide bonds. The number of rotatable bonds is 15. The third-order valence-electron chi connectivity index (χ3n) is 3.53. The third-order valence-corrected chi connectivity index (χ3v) is 5.38. The Bertz CT molecular complexity index is 179. The number of hydrogen-bond acceptors (Lipinski definition) is 3. The summed E-state index contributed by atoms with van der Waals surface area (Å²) in [5.41, 5.74) is 0. The first-order valence-corrected chi connectivity index (χ1v) is 10.6. The van der Waals surface area contributed by atoms with Crippen LogP contribution in [0.5, 0.6) is 0 Å². The van der Waals surface area contributed by atoms with E-state index in [1.807, 2.05) is 0 Å². The van der Waals surface area contributed by atoms with E-state index in [4.69, 9.17) is 9.47 Å². The molecule has 0 aliphatic heterocycles. The fourth-order valence-electron chi connectivity index (χ4n) is 2.33. The number of hydrogen-bond donors (Lipinski definition) is 0. The summed E-state index contributed by atoms with van der Waals surface area (Å²) < 4.78 is 11.3. The second kappa shape index (κ2) is 15.5. The van der Waals surface area contributed by atoms with Crippen LogP contribution in [0.1, 0.15) is 59.8 Å². The monoisotopic (exact) mass is 303 g/mol. The lowest BCUT2D eigenvalue weighted by atomic mass is 10.2. The molecule has 3 nitrogen and oxygen atoms in total. The fraction of sp³-hybridized carbons (Fsp3) is 1.00. The van der Waals surface area contributed by atoms with Gasteiger partial charge in [0.15, 0.2) is 0 Å². The van der Waals surface area contributed by atoms with E-state index in [0.29, 0.717) is 0 Å². The Balaban J connectivity index is 3.77. The highest BCUT2D eigenvalue weighted by Gasteiger charge is 2.09. The summed E-state index contributed by atoms with van der Waals surface area (Å²) in [6, 6.07) is 1.33. The lowest BCUT2D eigenvalue weighted by Gasteiger charge is -2.22. The minimum absolute atomic E-state index is 0.143. The first kappa shape index (κ1) is 20.1. The van der Waals surface area contributed by atoms with Gasteiger partial charge in [0.05, 0.1) is 9.52 Å². The summed E-state index contributed by atoms with van der Waals surface area (Å²) in [5.74, 6) is 0.143. The quantitative estimate of drug-likeness (QED) is 0.263. The van der Waals surface area contributed by atoms with Crippen molar-refractivity contribution in [2.45, 2.75) is 71.8 Å². The Kier molecular flexibility index (Phi) is 15.6. The maximum atomic E-state index is 5.65. The van der Waals surface area contributed by atoms with Crippen LogP contribution in [0.3, 0.4) is 0 Å². The summed E-state index contributed by atoms with van der Waals surface area (Å²) in [7, 11) is -0.249. The van der Waals surface area contributed by atoms with Crippen molar-refractivity contribution < 1.29 is 9.47 Å². The number of unbranched alkanes of at least 4 members (excludes halogenated alkanes) is 2. The highest BCUT2D eigenvalue weighted by Crippen LogP contribution is 2.04. The lowest BCUT2D eigenvalue weighted by Crippen LogP contribution is -2.29. The van der Waals surface area contributed by atoms with Crippen molar-refractivity contribution in [3.8, 4) is 0 Å². The van der Waals surface area contributed by atoms with Gasteiger partial charge in [-0.25, -0.2) is 0 Å². The minimum atomic E-state index is -0.249. The van der Waals surface area contributed by atoms with Crippen LogP contribution in [0.4, 0.5) is 0 Å². The molecule has 122 valence electrons. The Hall–Kier alpha value is 0.0969. The van der Waals surface area contributed by atoms with E-state index in [1.54, 1.807) is 0 Å². The van der Waals surface area contributed by atoms with E-state index in [9.17, 15) is 0 Å². The molecule has 0 radical (unpaired) electrons. The van der Waals surface area contributed by atoms with E-state index < -0.39 is 0 Å². The first-order valence-electron chi connectivity index (χ1n) is 8.73. The van der Waals surface area contributed by atoms with Crippen molar-refractivity contribution in [3.63, 3.8) is 0 Å². The average molecular weight is 304 g/mol. The van der Waals surface area contributed by atoms with Gasteiger partial charge in [0.1, 0.15) is 5.91 Å². The molecule has 0 fully saturated rings. The molecule has 0 atom stereocenters. The zero-order chi connectivity index (χ0) is 15.1. The smallest absolute Gasteiger partial charge is 0.134 e. The molecule has 20 heavy (non-hydrogen) atoms. The van der Waals surface area contributed by atoms with Crippen LogP contribution in [0.2, 0.25) is 6.04 Å². The molecule has 0 aliphatic rings. The van der Waals surface area contributed by atoms with Crippen molar-refractivity contribution >= 4 is 9.52 Å². The molecule has 0 saturated carbocycles. The van der Waals surface area contributed by atoms with Crippen molar-refractivity contribution in [2.75, 3.05) is 32.8 Å². The molecule has 0 rings (SSSR count). The van der Waals surface area contributed by atoms with Crippen LogP contribution in [0.15, 0.2) is 0 Å². The molecule has 0 heterocycles. The second-order valence-corrected chi connectivity index (χ2v) is 7.34. The third kappa shape index (κ3) is 11.9. The predicted octanol–water partition coefficient (Wildman–Crippen LogP) is 3.22. The molecule has 4 heteroatoms. The van der Waals surface area contributed by atoms with Gasteiger partial charge >= 0.3 is 0 Å². The molecular formula is C16H37NO2Si. The van der Waals surface area contributed by atoms with Gasteiger partial charge in [-0.15, -0.1) is 0 Å². The molecule has 0 saturated heterocycles. The molecular weight excluding hydrogens is 266 g/mol. The summed E-state index contributed by atoms with van der Waals surface area (Å²) in [6.45, 7) is 14.0. The summed E-state index contributed by atoms with van der Waals surface area (Å²) >= 11 is 0. The highest BCUT2D eigenvalue weighted by atomic mass is 28.2. The molecule has 0 N–H and O–H groups in total. The van der Waals surface area contributed by atoms with Gasteiger partial charge in [0.2, 0.25) is 0 Å². The highest BCUT2D eigenvalue weighted by molar-refractivity contribution is 6.36. The molecule has 0 bridgehead atoms. The van der Waals surface area contributed by atoms with Crippen molar-refractivity contribution in [2.24, 2.45) is 0 Å². The maximum Gasteiger partial charge on any atom is 0.134 e. The zero-order valence-corrected chi connectivity index (χ0v) is 15.7. The van der Waals surface area contributed by atoms with Crippen LogP contribution in [-0.2, 0) is 9.47 Å². The standard InChI is InChI=1S/C16H37NO2Si/c1-5-9-12-17(13-10-6-2)14-11-15-20-16(18-7-3)19-8-4/h16H,5-15,20H2,1-4H3. The van der Waals surface area contributed by atoms with Crippen molar-refractivity contribution in [1.29, 1.82) is 0 Å². The van der Waals surface area contributed by atoms with Gasteiger partial charge in [-0.1, -0.05) is 32.7 Å². The first-order chi connectivity index (χ1) is 9.78. The van der Waals surface area contributed by atoms with Gasteiger partial charge in [0, 0.05) is 13.2 Å². The van der Waals surface area contributed by atoms with Gasteiger partial charge in [-0.05, 0) is 52.7 Å². The number of ether oxygens (including phenoxy) is 2. The van der Waals surface area contributed by atoms with Crippen LogP contribution >= 0.6 is 0 Å². The van der Waals surface area contributed by atoms with Crippen molar-refractivity contribution in [1.82, 2.24) is 4.90 Å². The summed E-state index contributed by atoms with van der Waals surface area (Å²) in [5, 5.41) is 0. The Morgan fingerprint density at radius 3 is 1.75 bits per heavy atom. The zero-order valence-electron chi connectivity index (χ0n) is 14.3. The number of nitrogens with zero attached hydrogens (tertiary/aromatic N) is 1. The fourth-order valence-corrected chi connectivity index (χ4v) is 3.98. The van der Waals surface area contributed by atoms with Gasteiger partial charge < -0.3 is 14.4 Å². The topological polar surface area (TPSA) is 21.7 Å². The van der Waals surface area contributed by atoms with Crippen LogP contribution < -0.4 is 0 Å². The van der Waals surface area contributed by atoms with Gasteiger partial charge in [-0.2, -0.15) is 0 Å². The van der Waals surface area contributed by atoms with E-state index in [2.05, 4.69) is 32.6 Å². The minimum Gasteiger partial charge on any atom is -0.357 e. The second-order valence-electron chi connectivity index (χ2n) is 5.38. The lowest BCUT2D eigenvalue weighted by molar-refractivity contribution is -0.0828. The van der Waals surface area contributed by atoms with E-state index in [1.165, 1.54) is 57.8 Å². The maximum absolute atomic E-state index is 5.65. The molecule has 0 aromatic carbocycles. The Morgan fingerprint density at radius 2 is 1.30 bits per heavy atom. The predicted molar refractivity (Wildman–Crippen MR) is 91.3 cm³/mol. The Morgan fingerprint density at radius 1 is 0.800 bits per heavy atom. The molecule has 0 aromatic heterocycles.